The third-order valence-corrected chi connectivity index (χ3v) is 4.72. The van der Waals surface area contributed by atoms with Crippen LogP contribution in [0.4, 0.5) is 0 Å². The van der Waals surface area contributed by atoms with Crippen LogP contribution in [0.5, 0.6) is 0 Å². The van der Waals surface area contributed by atoms with Gasteiger partial charge in [-0.15, -0.1) is 0 Å². The standard InChI is InChI=1S/C18H38O/c1-6-9-14-17(18(19,7-2)8-3)15-12-10-11-13-16(4)5/h16-17,19H,6-15H2,1-5H3. The fraction of sp³-hybridized carbons (Fsp3) is 1.00. The fourth-order valence-electron chi connectivity index (χ4n) is 3.08. The molecule has 0 saturated heterocycles. The molecule has 19 heavy (non-hydrogen) atoms. The lowest BCUT2D eigenvalue weighted by molar-refractivity contribution is -0.0340. The van der Waals surface area contributed by atoms with E-state index in [0.717, 1.165) is 18.8 Å². The third kappa shape index (κ3) is 7.97. The third-order valence-electron chi connectivity index (χ3n) is 4.72. The molecule has 0 radical (unpaired) electrons. The molecule has 0 heterocycles. The molecule has 0 aliphatic rings. The van der Waals surface area contributed by atoms with Gasteiger partial charge in [0.25, 0.3) is 0 Å². The smallest absolute Gasteiger partial charge is 0.0670 e. The first kappa shape index (κ1) is 19.0. The van der Waals surface area contributed by atoms with E-state index in [0.29, 0.717) is 5.92 Å². The molecular formula is C18H38O. The number of hydrogen-bond acceptors (Lipinski definition) is 1. The molecule has 0 bridgehead atoms. The lowest BCUT2D eigenvalue weighted by Crippen LogP contribution is -2.36. The van der Waals surface area contributed by atoms with Gasteiger partial charge in [-0.1, -0.05) is 73.1 Å². The maximum atomic E-state index is 10.8. The highest BCUT2D eigenvalue weighted by atomic mass is 16.3. The van der Waals surface area contributed by atoms with E-state index in [4.69, 9.17) is 0 Å². The zero-order valence-electron chi connectivity index (χ0n) is 14.2. The lowest BCUT2D eigenvalue weighted by atomic mass is 9.77. The first-order valence-corrected chi connectivity index (χ1v) is 8.72. The van der Waals surface area contributed by atoms with Crippen molar-refractivity contribution in [1.82, 2.24) is 0 Å². The van der Waals surface area contributed by atoms with E-state index >= 15 is 0 Å². The first-order chi connectivity index (χ1) is 9.00. The van der Waals surface area contributed by atoms with Crippen molar-refractivity contribution in [2.24, 2.45) is 11.8 Å². The van der Waals surface area contributed by atoms with E-state index in [9.17, 15) is 5.11 Å². The van der Waals surface area contributed by atoms with Gasteiger partial charge in [0.15, 0.2) is 0 Å². The predicted molar refractivity (Wildman–Crippen MR) is 86.5 cm³/mol. The van der Waals surface area contributed by atoms with Crippen LogP contribution in [-0.2, 0) is 0 Å². The van der Waals surface area contributed by atoms with Gasteiger partial charge in [-0.2, -0.15) is 0 Å². The quantitative estimate of drug-likeness (QED) is 0.434. The summed E-state index contributed by atoms with van der Waals surface area (Å²) in [4.78, 5) is 0. The Kier molecular flexibility index (Phi) is 10.7. The molecule has 1 N–H and O–H groups in total. The lowest BCUT2D eigenvalue weighted by Gasteiger charge is -2.35. The van der Waals surface area contributed by atoms with Crippen molar-refractivity contribution in [1.29, 1.82) is 0 Å². The van der Waals surface area contributed by atoms with Crippen molar-refractivity contribution in [3.05, 3.63) is 0 Å². The molecule has 0 aromatic heterocycles. The molecule has 1 atom stereocenters. The van der Waals surface area contributed by atoms with Crippen LogP contribution in [-0.4, -0.2) is 10.7 Å². The van der Waals surface area contributed by atoms with Crippen molar-refractivity contribution in [3.63, 3.8) is 0 Å². The highest BCUT2D eigenvalue weighted by Crippen LogP contribution is 2.33. The maximum Gasteiger partial charge on any atom is 0.0670 e. The summed E-state index contributed by atoms with van der Waals surface area (Å²) in [5.74, 6) is 1.35. The van der Waals surface area contributed by atoms with Crippen molar-refractivity contribution >= 4 is 0 Å². The molecule has 1 heteroatoms. The molecular weight excluding hydrogens is 232 g/mol. The van der Waals surface area contributed by atoms with Crippen molar-refractivity contribution in [2.45, 2.75) is 104 Å². The molecule has 0 aliphatic heterocycles. The van der Waals surface area contributed by atoms with Crippen LogP contribution in [0.1, 0.15) is 98.8 Å². The number of hydrogen-bond donors (Lipinski definition) is 1. The first-order valence-electron chi connectivity index (χ1n) is 8.72. The van der Waals surface area contributed by atoms with Gasteiger partial charge in [0.1, 0.15) is 0 Å². The molecule has 0 aliphatic carbocycles. The average Bonchev–Trinajstić information content (AvgIpc) is 2.40. The summed E-state index contributed by atoms with van der Waals surface area (Å²) in [5, 5.41) is 10.8. The predicted octanol–water partition coefficient (Wildman–Crippen LogP) is 5.95. The van der Waals surface area contributed by atoms with E-state index in [1.165, 1.54) is 51.4 Å². The summed E-state index contributed by atoms with van der Waals surface area (Å²) in [6, 6.07) is 0. The average molecular weight is 271 g/mol. The SMILES string of the molecule is CCCCC(CCCCCC(C)C)C(O)(CC)CC. The van der Waals surface area contributed by atoms with E-state index in [1.807, 2.05) is 0 Å². The van der Waals surface area contributed by atoms with Gasteiger partial charge in [-0.25, -0.2) is 0 Å². The Balaban J connectivity index is 4.13. The Labute approximate surface area is 122 Å². The Morgan fingerprint density at radius 1 is 0.789 bits per heavy atom. The number of unbranched alkanes of at least 4 members (excludes halogenated alkanes) is 3. The maximum absolute atomic E-state index is 10.8. The highest BCUT2D eigenvalue weighted by Gasteiger charge is 2.31. The van der Waals surface area contributed by atoms with Crippen molar-refractivity contribution < 1.29 is 5.11 Å². The van der Waals surface area contributed by atoms with E-state index in [1.54, 1.807) is 0 Å². The van der Waals surface area contributed by atoms with E-state index < -0.39 is 5.60 Å². The van der Waals surface area contributed by atoms with Crippen LogP contribution in [0.15, 0.2) is 0 Å². The number of rotatable bonds is 12. The summed E-state index contributed by atoms with van der Waals surface area (Å²) in [5.41, 5.74) is -0.410. The van der Waals surface area contributed by atoms with E-state index in [2.05, 4.69) is 34.6 Å². The molecule has 116 valence electrons. The topological polar surface area (TPSA) is 20.2 Å². The van der Waals surface area contributed by atoms with Crippen molar-refractivity contribution in [2.75, 3.05) is 0 Å². The van der Waals surface area contributed by atoms with Gasteiger partial charge < -0.3 is 5.11 Å². The Bertz CT molecular complexity index is 194. The molecule has 1 unspecified atom stereocenters. The van der Waals surface area contributed by atoms with Crippen LogP contribution >= 0.6 is 0 Å². The summed E-state index contributed by atoms with van der Waals surface area (Å²) in [6.45, 7) is 11.1. The molecule has 0 saturated carbocycles. The van der Waals surface area contributed by atoms with Gasteiger partial charge in [-0.3, -0.25) is 0 Å². The van der Waals surface area contributed by atoms with Crippen LogP contribution in [0.25, 0.3) is 0 Å². The Hall–Kier alpha value is -0.0400. The second-order valence-electron chi connectivity index (χ2n) is 6.68. The molecule has 0 amide bonds. The largest absolute Gasteiger partial charge is 0.390 e. The Morgan fingerprint density at radius 2 is 1.32 bits per heavy atom. The van der Waals surface area contributed by atoms with Crippen LogP contribution < -0.4 is 0 Å². The van der Waals surface area contributed by atoms with E-state index in [-0.39, 0.29) is 0 Å². The fourth-order valence-corrected chi connectivity index (χ4v) is 3.08. The van der Waals surface area contributed by atoms with Gasteiger partial charge in [-0.05, 0) is 37.5 Å². The summed E-state index contributed by atoms with van der Waals surface area (Å²) >= 11 is 0. The van der Waals surface area contributed by atoms with Crippen molar-refractivity contribution in [3.8, 4) is 0 Å². The molecule has 0 fully saturated rings. The molecule has 0 spiro atoms. The summed E-state index contributed by atoms with van der Waals surface area (Å²) < 4.78 is 0. The van der Waals surface area contributed by atoms with Crippen LogP contribution in [0, 0.1) is 11.8 Å². The minimum atomic E-state index is -0.410. The monoisotopic (exact) mass is 270 g/mol. The highest BCUT2D eigenvalue weighted by molar-refractivity contribution is 4.84. The molecule has 0 aromatic carbocycles. The van der Waals surface area contributed by atoms with Gasteiger partial charge in [0, 0.05) is 0 Å². The second-order valence-corrected chi connectivity index (χ2v) is 6.68. The minimum Gasteiger partial charge on any atom is -0.390 e. The zero-order chi connectivity index (χ0) is 14.7. The molecule has 1 nitrogen and oxygen atoms in total. The summed E-state index contributed by atoms with van der Waals surface area (Å²) in [6.07, 6.45) is 12.1. The van der Waals surface area contributed by atoms with Gasteiger partial charge >= 0.3 is 0 Å². The van der Waals surface area contributed by atoms with Crippen LogP contribution in [0.2, 0.25) is 0 Å². The Morgan fingerprint density at radius 3 is 1.79 bits per heavy atom. The second kappa shape index (κ2) is 10.7. The molecule has 0 rings (SSSR count). The minimum absolute atomic E-state index is 0.410. The van der Waals surface area contributed by atoms with Gasteiger partial charge in [0.05, 0.1) is 5.60 Å². The zero-order valence-corrected chi connectivity index (χ0v) is 14.2. The number of aliphatic hydroxyl groups is 1. The molecule has 0 aromatic rings. The summed E-state index contributed by atoms with van der Waals surface area (Å²) in [7, 11) is 0. The van der Waals surface area contributed by atoms with Crippen LogP contribution in [0.3, 0.4) is 0 Å². The normalized spacial score (nSPS) is 14.1. The van der Waals surface area contributed by atoms with Gasteiger partial charge in [0.2, 0.25) is 0 Å².